The summed E-state index contributed by atoms with van der Waals surface area (Å²) < 4.78 is 0. The molecule has 0 saturated carbocycles. The van der Waals surface area contributed by atoms with Gasteiger partial charge in [-0.25, -0.2) is 0 Å². The summed E-state index contributed by atoms with van der Waals surface area (Å²) >= 11 is 0. The van der Waals surface area contributed by atoms with Gasteiger partial charge < -0.3 is 0 Å². The number of hydrogen-bond acceptors (Lipinski definition) is 0. The van der Waals surface area contributed by atoms with Crippen LogP contribution in [0.25, 0.3) is 0 Å². The van der Waals surface area contributed by atoms with E-state index >= 15 is 0 Å². The first-order chi connectivity index (χ1) is 6.83. The van der Waals surface area contributed by atoms with Gasteiger partial charge >= 0.3 is 0 Å². The van der Waals surface area contributed by atoms with E-state index in [0.29, 0.717) is 5.92 Å². The third-order valence-corrected chi connectivity index (χ3v) is 2.62. The molecule has 1 aromatic carbocycles. The maximum absolute atomic E-state index is 3.80. The fraction of sp³-hybridized carbons (Fsp3) is 0.429. The Hall–Kier alpha value is -1.04. The standard InChI is InChI=1S/C14H20/c1-3-13(2)9-7-8-12-14-10-5-4-6-11-14/h3-6,10-11,13H,1,7-9,12H2,2H3. The maximum atomic E-state index is 3.80. The van der Waals surface area contributed by atoms with E-state index in [0.717, 1.165) is 0 Å². The lowest BCUT2D eigenvalue weighted by molar-refractivity contribution is 0.582. The van der Waals surface area contributed by atoms with Crippen LogP contribution in [0.2, 0.25) is 0 Å². The summed E-state index contributed by atoms with van der Waals surface area (Å²) in [6.45, 7) is 6.03. The molecule has 0 aromatic heterocycles. The Kier molecular flexibility index (Phi) is 5.06. The third-order valence-electron chi connectivity index (χ3n) is 2.62. The van der Waals surface area contributed by atoms with E-state index in [1.54, 1.807) is 0 Å². The van der Waals surface area contributed by atoms with E-state index in [1.165, 1.54) is 31.2 Å². The van der Waals surface area contributed by atoms with Crippen LogP contribution in [-0.2, 0) is 6.42 Å². The van der Waals surface area contributed by atoms with Crippen LogP contribution in [0.4, 0.5) is 0 Å². The predicted octanol–water partition coefficient (Wildman–Crippen LogP) is 4.22. The summed E-state index contributed by atoms with van der Waals surface area (Å²) in [6.07, 6.45) is 7.13. The van der Waals surface area contributed by atoms with Gasteiger partial charge in [-0.3, -0.25) is 0 Å². The molecule has 0 aliphatic rings. The average molecular weight is 188 g/mol. The average Bonchev–Trinajstić information content (AvgIpc) is 2.25. The molecule has 76 valence electrons. The zero-order chi connectivity index (χ0) is 10.2. The molecule has 0 fully saturated rings. The quantitative estimate of drug-likeness (QED) is 0.463. The van der Waals surface area contributed by atoms with Crippen molar-refractivity contribution in [3.8, 4) is 0 Å². The molecule has 0 saturated heterocycles. The maximum Gasteiger partial charge on any atom is -0.0265 e. The van der Waals surface area contributed by atoms with Gasteiger partial charge in [-0.15, -0.1) is 6.58 Å². The minimum absolute atomic E-state index is 0.672. The van der Waals surface area contributed by atoms with Crippen LogP contribution in [0.1, 0.15) is 31.7 Å². The van der Waals surface area contributed by atoms with Gasteiger partial charge in [0, 0.05) is 0 Å². The minimum Gasteiger partial charge on any atom is -0.103 e. The summed E-state index contributed by atoms with van der Waals surface area (Å²) in [4.78, 5) is 0. The molecule has 0 aliphatic heterocycles. The van der Waals surface area contributed by atoms with Gasteiger partial charge in [-0.05, 0) is 30.7 Å². The summed E-state index contributed by atoms with van der Waals surface area (Å²) in [5.74, 6) is 0.672. The molecule has 1 aromatic rings. The van der Waals surface area contributed by atoms with Crippen LogP contribution in [0.5, 0.6) is 0 Å². The molecular weight excluding hydrogens is 168 g/mol. The molecule has 1 atom stereocenters. The van der Waals surface area contributed by atoms with Crippen LogP contribution in [0.15, 0.2) is 43.0 Å². The summed E-state index contributed by atoms with van der Waals surface area (Å²) in [5, 5.41) is 0. The van der Waals surface area contributed by atoms with E-state index in [-0.39, 0.29) is 0 Å². The molecule has 0 amide bonds. The van der Waals surface area contributed by atoms with Gasteiger partial charge in [0.2, 0.25) is 0 Å². The molecule has 0 heteroatoms. The first-order valence-corrected chi connectivity index (χ1v) is 5.49. The van der Waals surface area contributed by atoms with Crippen molar-refractivity contribution in [3.63, 3.8) is 0 Å². The highest BCUT2D eigenvalue weighted by atomic mass is 14.0. The van der Waals surface area contributed by atoms with Crippen molar-refractivity contribution in [3.05, 3.63) is 48.6 Å². The highest BCUT2D eigenvalue weighted by Crippen LogP contribution is 2.11. The molecule has 0 heterocycles. The topological polar surface area (TPSA) is 0 Å². The van der Waals surface area contributed by atoms with E-state index in [2.05, 4.69) is 43.8 Å². The number of unbranched alkanes of at least 4 members (excludes halogenated alkanes) is 1. The highest BCUT2D eigenvalue weighted by Gasteiger charge is 1.96. The lowest BCUT2D eigenvalue weighted by Crippen LogP contribution is -1.90. The molecule has 0 spiro atoms. The van der Waals surface area contributed by atoms with Gasteiger partial charge in [0.05, 0.1) is 0 Å². The highest BCUT2D eigenvalue weighted by molar-refractivity contribution is 5.14. The molecule has 0 radical (unpaired) electrons. The zero-order valence-corrected chi connectivity index (χ0v) is 9.08. The fourth-order valence-electron chi connectivity index (χ4n) is 1.56. The first-order valence-electron chi connectivity index (χ1n) is 5.49. The van der Waals surface area contributed by atoms with Crippen LogP contribution in [0, 0.1) is 5.92 Å². The predicted molar refractivity (Wildman–Crippen MR) is 63.4 cm³/mol. The Balaban J connectivity index is 2.13. The summed E-state index contributed by atoms with van der Waals surface area (Å²) in [6, 6.07) is 10.7. The van der Waals surface area contributed by atoms with Crippen molar-refractivity contribution in [2.45, 2.75) is 32.6 Å². The van der Waals surface area contributed by atoms with Crippen molar-refractivity contribution < 1.29 is 0 Å². The molecule has 0 nitrogen and oxygen atoms in total. The minimum atomic E-state index is 0.672. The van der Waals surface area contributed by atoms with Crippen LogP contribution in [-0.4, -0.2) is 0 Å². The summed E-state index contributed by atoms with van der Waals surface area (Å²) in [7, 11) is 0. The molecule has 1 rings (SSSR count). The lowest BCUT2D eigenvalue weighted by atomic mass is 10.0. The van der Waals surface area contributed by atoms with Gasteiger partial charge in [-0.2, -0.15) is 0 Å². The Labute approximate surface area is 87.7 Å². The second-order valence-electron chi connectivity index (χ2n) is 3.94. The number of rotatable bonds is 6. The SMILES string of the molecule is C=CC(C)CCCCc1ccccc1. The largest absolute Gasteiger partial charge is 0.103 e. The Morgan fingerprint density at radius 1 is 1.21 bits per heavy atom. The Morgan fingerprint density at radius 2 is 1.93 bits per heavy atom. The monoisotopic (exact) mass is 188 g/mol. The van der Waals surface area contributed by atoms with E-state index in [9.17, 15) is 0 Å². The van der Waals surface area contributed by atoms with Crippen molar-refractivity contribution in [1.82, 2.24) is 0 Å². The van der Waals surface area contributed by atoms with Crippen molar-refractivity contribution in [2.24, 2.45) is 5.92 Å². The van der Waals surface area contributed by atoms with Crippen molar-refractivity contribution in [2.75, 3.05) is 0 Å². The Bertz CT molecular complexity index is 248. The fourth-order valence-corrected chi connectivity index (χ4v) is 1.56. The van der Waals surface area contributed by atoms with Crippen LogP contribution in [0.3, 0.4) is 0 Å². The number of aryl methyl sites for hydroxylation is 1. The first kappa shape index (κ1) is 11.0. The number of allylic oxidation sites excluding steroid dienone is 1. The van der Waals surface area contributed by atoms with Gasteiger partial charge in [0.15, 0.2) is 0 Å². The van der Waals surface area contributed by atoms with Crippen LogP contribution >= 0.6 is 0 Å². The van der Waals surface area contributed by atoms with E-state index in [4.69, 9.17) is 0 Å². The van der Waals surface area contributed by atoms with Crippen molar-refractivity contribution >= 4 is 0 Å². The lowest BCUT2D eigenvalue weighted by Gasteiger charge is -2.05. The van der Waals surface area contributed by atoms with E-state index in [1.807, 2.05) is 6.08 Å². The second-order valence-corrected chi connectivity index (χ2v) is 3.94. The smallest absolute Gasteiger partial charge is 0.0265 e. The Morgan fingerprint density at radius 3 is 2.57 bits per heavy atom. The van der Waals surface area contributed by atoms with Crippen LogP contribution < -0.4 is 0 Å². The van der Waals surface area contributed by atoms with Gasteiger partial charge in [0.1, 0.15) is 0 Å². The molecule has 1 unspecified atom stereocenters. The number of benzene rings is 1. The van der Waals surface area contributed by atoms with Gasteiger partial charge in [0.25, 0.3) is 0 Å². The summed E-state index contributed by atoms with van der Waals surface area (Å²) in [5.41, 5.74) is 1.46. The molecular formula is C14H20. The third kappa shape index (κ3) is 4.27. The zero-order valence-electron chi connectivity index (χ0n) is 9.08. The normalized spacial score (nSPS) is 12.4. The number of hydrogen-bond donors (Lipinski definition) is 0. The molecule has 14 heavy (non-hydrogen) atoms. The molecule has 0 N–H and O–H groups in total. The van der Waals surface area contributed by atoms with Crippen molar-refractivity contribution in [1.29, 1.82) is 0 Å². The molecule has 0 bridgehead atoms. The second kappa shape index (κ2) is 6.42. The van der Waals surface area contributed by atoms with Gasteiger partial charge in [-0.1, -0.05) is 49.8 Å². The molecule has 0 aliphatic carbocycles. The van der Waals surface area contributed by atoms with E-state index < -0.39 is 0 Å².